The van der Waals surface area contributed by atoms with E-state index in [-0.39, 0.29) is 30.7 Å². The minimum atomic E-state index is -0.535. The molecule has 0 unspecified atom stereocenters. The highest BCUT2D eigenvalue weighted by Crippen LogP contribution is 2.16. The first-order valence-corrected chi connectivity index (χ1v) is 10.1. The zero-order chi connectivity index (χ0) is 19.6. The van der Waals surface area contributed by atoms with E-state index in [1.54, 1.807) is 0 Å². The van der Waals surface area contributed by atoms with Gasteiger partial charge in [-0.3, -0.25) is 4.79 Å². The lowest BCUT2D eigenvalue weighted by molar-refractivity contribution is -0.870. The van der Waals surface area contributed by atoms with Crippen molar-refractivity contribution in [2.24, 2.45) is 5.73 Å². The van der Waals surface area contributed by atoms with Crippen LogP contribution in [0.2, 0.25) is 0 Å². The highest BCUT2D eigenvalue weighted by molar-refractivity contribution is 6.18. The first-order chi connectivity index (χ1) is 12.3. The molecule has 9 heteroatoms. The van der Waals surface area contributed by atoms with Crippen LogP contribution in [0.3, 0.4) is 0 Å². The largest absolute Gasteiger partial charge is 1.00 e. The molecule has 0 spiro atoms. The predicted octanol–water partition coefficient (Wildman–Crippen LogP) is -3.94. The molecule has 0 aromatic heterocycles. The third kappa shape index (κ3) is 12.2. The van der Waals surface area contributed by atoms with Crippen molar-refractivity contribution in [1.82, 2.24) is 5.32 Å². The average molecular weight is 475 g/mol. The Kier molecular flexibility index (Phi) is 16.4. The molecule has 0 saturated carbocycles. The molecule has 0 radical (unpaired) electrons. The SMILES string of the molecule is C[N+](C)(C)CCCNC(=O)[C@H](N)Cc1ccc(N(CCCl)CCCl)cc1.[Cl-].[Cl-]. The molecule has 164 valence electrons. The Balaban J connectivity index is 0. The molecule has 1 aromatic carbocycles. The zero-order valence-corrected chi connectivity index (χ0v) is 20.0. The van der Waals surface area contributed by atoms with Crippen LogP contribution < -0.4 is 40.8 Å². The molecule has 3 N–H and O–H groups in total. The van der Waals surface area contributed by atoms with Crippen molar-refractivity contribution >= 4 is 34.8 Å². The number of quaternary nitrogens is 1. The molecule has 1 atom stereocenters. The molecular weight excluding hydrogens is 442 g/mol. The molecule has 28 heavy (non-hydrogen) atoms. The summed E-state index contributed by atoms with van der Waals surface area (Å²) >= 11 is 11.7. The molecule has 0 aliphatic rings. The van der Waals surface area contributed by atoms with Gasteiger partial charge in [0.25, 0.3) is 0 Å². The van der Waals surface area contributed by atoms with Crippen LogP contribution in [0.15, 0.2) is 24.3 Å². The number of carbonyl (C=O) groups is 1. The van der Waals surface area contributed by atoms with Gasteiger partial charge >= 0.3 is 0 Å². The summed E-state index contributed by atoms with van der Waals surface area (Å²) in [7, 11) is 6.41. The lowest BCUT2D eigenvalue weighted by Crippen LogP contribution is -3.00. The van der Waals surface area contributed by atoms with Gasteiger partial charge in [-0.25, -0.2) is 0 Å². The van der Waals surface area contributed by atoms with Crippen molar-refractivity contribution < 1.29 is 34.1 Å². The van der Waals surface area contributed by atoms with Crippen LogP contribution in [-0.4, -0.2) is 75.5 Å². The van der Waals surface area contributed by atoms with E-state index in [0.717, 1.165) is 41.8 Å². The van der Waals surface area contributed by atoms with E-state index in [1.807, 2.05) is 24.3 Å². The van der Waals surface area contributed by atoms with E-state index in [1.165, 1.54) is 0 Å². The molecule has 0 aliphatic carbocycles. The maximum Gasteiger partial charge on any atom is 0.237 e. The summed E-state index contributed by atoms with van der Waals surface area (Å²) in [5.74, 6) is 1.01. The number of benzene rings is 1. The summed E-state index contributed by atoms with van der Waals surface area (Å²) in [5, 5.41) is 2.93. The van der Waals surface area contributed by atoms with Gasteiger partial charge in [0.05, 0.1) is 33.7 Å². The number of amides is 1. The lowest BCUT2D eigenvalue weighted by atomic mass is 10.1. The van der Waals surface area contributed by atoms with E-state index < -0.39 is 6.04 Å². The average Bonchev–Trinajstić information content (AvgIpc) is 2.58. The molecule has 1 amide bonds. The number of nitrogens with two attached hydrogens (primary N) is 1. The first-order valence-electron chi connectivity index (χ1n) is 9.06. The maximum absolute atomic E-state index is 12.1. The third-order valence-electron chi connectivity index (χ3n) is 4.11. The second kappa shape index (κ2) is 15.4. The van der Waals surface area contributed by atoms with Crippen molar-refractivity contribution in [1.29, 1.82) is 0 Å². The number of nitrogens with zero attached hydrogens (tertiary/aromatic N) is 2. The lowest BCUT2D eigenvalue weighted by Gasteiger charge is -2.24. The number of rotatable bonds is 12. The van der Waals surface area contributed by atoms with Crippen LogP contribution >= 0.6 is 23.2 Å². The standard InChI is InChI=1S/C19H32Cl2N4O.2ClH/c1-25(2,3)14-4-11-23-19(26)18(22)15-16-5-7-17(8-6-16)24(12-9-20)13-10-21;;/h5-8,18H,4,9-15,22H2,1-3H3;2*1H/p-1/t18-;;/m1../s1. The van der Waals surface area contributed by atoms with Crippen molar-refractivity contribution in [3.05, 3.63) is 29.8 Å². The number of hydrogen-bond donors (Lipinski definition) is 2. The second-order valence-electron chi connectivity index (χ2n) is 7.50. The van der Waals surface area contributed by atoms with E-state index in [2.05, 4.69) is 31.4 Å². The summed E-state index contributed by atoms with van der Waals surface area (Å²) < 4.78 is 0.888. The summed E-state index contributed by atoms with van der Waals surface area (Å²) in [6.07, 6.45) is 1.46. The summed E-state index contributed by atoms with van der Waals surface area (Å²) in [4.78, 5) is 14.3. The van der Waals surface area contributed by atoms with Gasteiger partial charge in [0.2, 0.25) is 5.91 Å². The minimum absolute atomic E-state index is 0. The monoisotopic (exact) mass is 473 g/mol. The molecule has 0 fully saturated rings. The molecule has 0 saturated heterocycles. The fourth-order valence-electron chi connectivity index (χ4n) is 2.66. The van der Waals surface area contributed by atoms with Crippen LogP contribution in [0.1, 0.15) is 12.0 Å². The van der Waals surface area contributed by atoms with E-state index in [4.69, 9.17) is 28.9 Å². The number of anilines is 1. The fourth-order valence-corrected chi connectivity index (χ4v) is 3.07. The van der Waals surface area contributed by atoms with Gasteiger partial charge in [0, 0.05) is 43.5 Å². The zero-order valence-electron chi connectivity index (χ0n) is 16.9. The Bertz CT molecular complexity index is 532. The Hall–Kier alpha value is -0.430. The molecular formula is C19H33Cl4N4O-. The van der Waals surface area contributed by atoms with E-state index in [0.29, 0.717) is 24.7 Å². The quantitative estimate of drug-likeness (QED) is 0.185. The van der Waals surface area contributed by atoms with Gasteiger partial charge < -0.3 is 45.2 Å². The van der Waals surface area contributed by atoms with Crippen molar-refractivity contribution in [3.8, 4) is 0 Å². The third-order valence-corrected chi connectivity index (χ3v) is 4.45. The summed E-state index contributed by atoms with van der Waals surface area (Å²) in [6, 6.07) is 7.54. The van der Waals surface area contributed by atoms with E-state index in [9.17, 15) is 4.79 Å². The maximum atomic E-state index is 12.1. The number of halogens is 4. The van der Waals surface area contributed by atoms with Crippen LogP contribution in [0.25, 0.3) is 0 Å². The Morgan fingerprint density at radius 2 is 1.64 bits per heavy atom. The minimum Gasteiger partial charge on any atom is -1.00 e. The normalized spacial score (nSPS) is 11.8. The van der Waals surface area contributed by atoms with Crippen molar-refractivity contribution in [3.63, 3.8) is 0 Å². The molecule has 5 nitrogen and oxygen atoms in total. The van der Waals surface area contributed by atoms with Gasteiger partial charge in [-0.1, -0.05) is 12.1 Å². The van der Waals surface area contributed by atoms with E-state index >= 15 is 0 Å². The van der Waals surface area contributed by atoms with Gasteiger partial charge in [-0.2, -0.15) is 0 Å². The fraction of sp³-hybridized carbons (Fsp3) is 0.632. The van der Waals surface area contributed by atoms with Crippen LogP contribution in [-0.2, 0) is 11.2 Å². The van der Waals surface area contributed by atoms with Crippen LogP contribution in [0, 0.1) is 0 Å². The number of carbonyl (C=O) groups excluding carboxylic acids is 1. The van der Waals surface area contributed by atoms with Gasteiger partial charge in [0.15, 0.2) is 0 Å². The Morgan fingerprint density at radius 1 is 1.11 bits per heavy atom. The number of hydrogen-bond acceptors (Lipinski definition) is 3. The molecule has 0 bridgehead atoms. The number of nitrogens with one attached hydrogen (secondary N) is 1. The molecule has 0 heterocycles. The molecule has 1 rings (SSSR count). The Morgan fingerprint density at radius 3 is 2.11 bits per heavy atom. The van der Waals surface area contributed by atoms with Gasteiger partial charge in [-0.15, -0.1) is 23.2 Å². The Labute approximate surface area is 192 Å². The summed E-state index contributed by atoms with van der Waals surface area (Å²) in [5.41, 5.74) is 8.17. The molecule has 0 aliphatic heterocycles. The highest BCUT2D eigenvalue weighted by Gasteiger charge is 2.15. The second-order valence-corrected chi connectivity index (χ2v) is 8.26. The topological polar surface area (TPSA) is 58.4 Å². The first kappa shape index (κ1) is 29.8. The molecule has 1 aromatic rings. The van der Waals surface area contributed by atoms with Crippen molar-refractivity contribution in [2.75, 3.05) is 64.0 Å². The van der Waals surface area contributed by atoms with Crippen molar-refractivity contribution in [2.45, 2.75) is 18.9 Å². The van der Waals surface area contributed by atoms with Gasteiger partial charge in [0.1, 0.15) is 0 Å². The summed E-state index contributed by atoms with van der Waals surface area (Å²) in [6.45, 7) is 3.18. The van der Waals surface area contributed by atoms with Crippen LogP contribution in [0.4, 0.5) is 5.69 Å². The smallest absolute Gasteiger partial charge is 0.237 e. The number of alkyl halides is 2. The predicted molar refractivity (Wildman–Crippen MR) is 112 cm³/mol. The highest BCUT2D eigenvalue weighted by atomic mass is 35.5. The van der Waals surface area contributed by atoms with Gasteiger partial charge in [-0.05, 0) is 24.1 Å². The van der Waals surface area contributed by atoms with Crippen LogP contribution in [0.5, 0.6) is 0 Å².